The number of anilines is 1. The van der Waals surface area contributed by atoms with Crippen LogP contribution in [0.1, 0.15) is 38.2 Å². The van der Waals surface area contributed by atoms with E-state index in [-0.39, 0.29) is 17.4 Å². The Morgan fingerprint density at radius 2 is 1.79 bits per heavy atom. The summed E-state index contributed by atoms with van der Waals surface area (Å²) in [6.07, 6.45) is 6.63. The van der Waals surface area contributed by atoms with Crippen molar-refractivity contribution in [3.8, 4) is 0 Å². The quantitative estimate of drug-likeness (QED) is 0.604. The number of carbonyl (C=O) groups excluding carboxylic acids is 1. The van der Waals surface area contributed by atoms with E-state index in [9.17, 15) is 4.79 Å². The standard InChI is InChI=1S/C23H25ClN2OS/c1-16-9-5-8-14-20(16)26-22(27)21(15-17-10-6-7-13-19(17)24)28-23(26)25-18-11-3-2-4-12-18/h2-4,6-7,10-13,15-16,20,23,25H,5,8-9,14H2,1H3/b21-15-/t16-,20+,23?/m1/s1. The molecular weight excluding hydrogens is 388 g/mol. The second-order valence-corrected chi connectivity index (χ2v) is 9.08. The summed E-state index contributed by atoms with van der Waals surface area (Å²) in [5, 5.41) is 4.23. The van der Waals surface area contributed by atoms with Crippen LogP contribution in [0.4, 0.5) is 5.69 Å². The van der Waals surface area contributed by atoms with Gasteiger partial charge in [0, 0.05) is 16.8 Å². The second kappa shape index (κ2) is 8.62. The molecule has 0 radical (unpaired) electrons. The summed E-state index contributed by atoms with van der Waals surface area (Å²) in [7, 11) is 0. The number of carbonyl (C=O) groups is 1. The SMILES string of the molecule is C[C@@H]1CCCC[C@@H]1N1C(=O)/C(=C/c2ccccc2Cl)SC1Nc1ccccc1. The zero-order valence-electron chi connectivity index (χ0n) is 16.0. The highest BCUT2D eigenvalue weighted by molar-refractivity contribution is 8.05. The van der Waals surface area contributed by atoms with Gasteiger partial charge in [-0.3, -0.25) is 4.79 Å². The van der Waals surface area contributed by atoms with Crippen molar-refractivity contribution in [2.75, 3.05) is 5.32 Å². The highest BCUT2D eigenvalue weighted by atomic mass is 35.5. The number of halogens is 1. The van der Waals surface area contributed by atoms with Crippen molar-refractivity contribution < 1.29 is 4.79 Å². The van der Waals surface area contributed by atoms with E-state index in [1.54, 1.807) is 11.8 Å². The maximum Gasteiger partial charge on any atom is 0.262 e. The Kier molecular flexibility index (Phi) is 5.98. The topological polar surface area (TPSA) is 32.3 Å². The summed E-state index contributed by atoms with van der Waals surface area (Å²) in [6.45, 7) is 2.27. The highest BCUT2D eigenvalue weighted by Gasteiger charge is 2.42. The number of para-hydroxylation sites is 1. The molecule has 2 aromatic carbocycles. The first-order valence-corrected chi connectivity index (χ1v) is 11.2. The average Bonchev–Trinajstić information content (AvgIpc) is 3.00. The molecule has 2 aromatic rings. The van der Waals surface area contributed by atoms with Gasteiger partial charge in [-0.1, -0.05) is 79.5 Å². The number of amides is 1. The smallest absolute Gasteiger partial charge is 0.262 e. The average molecular weight is 413 g/mol. The molecule has 1 amide bonds. The lowest BCUT2D eigenvalue weighted by atomic mass is 9.85. The van der Waals surface area contributed by atoms with Gasteiger partial charge in [-0.05, 0) is 48.6 Å². The third-order valence-corrected chi connectivity index (χ3v) is 7.07. The van der Waals surface area contributed by atoms with Gasteiger partial charge in [0.1, 0.15) is 0 Å². The lowest BCUT2D eigenvalue weighted by Gasteiger charge is -2.39. The van der Waals surface area contributed by atoms with E-state index in [1.165, 1.54) is 19.3 Å². The van der Waals surface area contributed by atoms with Crippen LogP contribution in [0, 0.1) is 5.92 Å². The Labute approximate surface area is 176 Å². The van der Waals surface area contributed by atoms with Crippen LogP contribution in [0.25, 0.3) is 6.08 Å². The fourth-order valence-corrected chi connectivity index (χ4v) is 5.49. The van der Waals surface area contributed by atoms with Gasteiger partial charge in [-0.25, -0.2) is 0 Å². The van der Waals surface area contributed by atoms with Gasteiger partial charge in [0.2, 0.25) is 0 Å². The molecule has 0 aromatic heterocycles. The minimum atomic E-state index is -0.103. The van der Waals surface area contributed by atoms with Crippen LogP contribution in [0.3, 0.4) is 0 Å². The van der Waals surface area contributed by atoms with Crippen LogP contribution in [-0.4, -0.2) is 22.3 Å². The van der Waals surface area contributed by atoms with Crippen molar-refractivity contribution in [3.63, 3.8) is 0 Å². The molecule has 1 saturated heterocycles. The largest absolute Gasteiger partial charge is 0.356 e. The molecule has 1 unspecified atom stereocenters. The third kappa shape index (κ3) is 4.08. The number of rotatable bonds is 4. The van der Waals surface area contributed by atoms with Crippen molar-refractivity contribution in [1.82, 2.24) is 4.90 Å². The zero-order valence-corrected chi connectivity index (χ0v) is 17.5. The summed E-state index contributed by atoms with van der Waals surface area (Å²) >= 11 is 7.92. The molecule has 3 atom stereocenters. The molecule has 1 aliphatic heterocycles. The molecule has 0 bridgehead atoms. The molecule has 1 heterocycles. The molecule has 2 fully saturated rings. The lowest BCUT2D eigenvalue weighted by molar-refractivity contribution is -0.129. The molecule has 146 valence electrons. The van der Waals surface area contributed by atoms with Crippen LogP contribution in [-0.2, 0) is 4.79 Å². The lowest BCUT2D eigenvalue weighted by Crippen LogP contribution is -2.48. The highest BCUT2D eigenvalue weighted by Crippen LogP contribution is 2.42. The Morgan fingerprint density at radius 1 is 1.07 bits per heavy atom. The third-order valence-electron chi connectivity index (χ3n) is 5.62. The van der Waals surface area contributed by atoms with E-state index in [2.05, 4.69) is 17.1 Å². The number of nitrogens with one attached hydrogen (secondary N) is 1. The van der Waals surface area contributed by atoms with Gasteiger partial charge in [0.15, 0.2) is 5.50 Å². The van der Waals surface area contributed by atoms with E-state index in [4.69, 9.17) is 11.6 Å². The van der Waals surface area contributed by atoms with Crippen molar-refractivity contribution in [1.29, 1.82) is 0 Å². The van der Waals surface area contributed by atoms with E-state index in [0.717, 1.165) is 22.6 Å². The molecule has 1 saturated carbocycles. The summed E-state index contributed by atoms with van der Waals surface area (Å²) in [6, 6.07) is 18.1. The maximum atomic E-state index is 13.4. The van der Waals surface area contributed by atoms with Gasteiger partial charge in [0.05, 0.1) is 4.91 Å². The fraction of sp³-hybridized carbons (Fsp3) is 0.348. The van der Waals surface area contributed by atoms with E-state index in [0.29, 0.717) is 10.9 Å². The zero-order chi connectivity index (χ0) is 19.5. The molecule has 3 nitrogen and oxygen atoms in total. The minimum Gasteiger partial charge on any atom is -0.356 e. The van der Waals surface area contributed by atoms with E-state index in [1.807, 2.05) is 60.7 Å². The predicted octanol–water partition coefficient (Wildman–Crippen LogP) is 6.23. The number of benzene rings is 2. The molecule has 1 aliphatic carbocycles. The first-order chi connectivity index (χ1) is 13.6. The summed E-state index contributed by atoms with van der Waals surface area (Å²) < 4.78 is 0. The molecule has 0 spiro atoms. The Morgan fingerprint density at radius 3 is 2.54 bits per heavy atom. The van der Waals surface area contributed by atoms with E-state index < -0.39 is 0 Å². The number of thioether (sulfide) groups is 1. The number of hydrogen-bond donors (Lipinski definition) is 1. The van der Waals surface area contributed by atoms with Crippen molar-refractivity contribution >= 4 is 41.0 Å². The van der Waals surface area contributed by atoms with Crippen LogP contribution >= 0.6 is 23.4 Å². The molecule has 4 rings (SSSR count). The fourth-order valence-electron chi connectivity index (χ4n) is 4.10. The summed E-state index contributed by atoms with van der Waals surface area (Å²) in [4.78, 5) is 16.2. The minimum absolute atomic E-state index is 0.103. The predicted molar refractivity (Wildman–Crippen MR) is 119 cm³/mol. The first kappa shape index (κ1) is 19.4. The van der Waals surface area contributed by atoms with Crippen molar-refractivity contribution in [2.24, 2.45) is 5.92 Å². The maximum absolute atomic E-state index is 13.4. The van der Waals surface area contributed by atoms with E-state index >= 15 is 0 Å². The van der Waals surface area contributed by atoms with Crippen molar-refractivity contribution in [3.05, 3.63) is 70.1 Å². The van der Waals surface area contributed by atoms with Crippen LogP contribution < -0.4 is 5.32 Å². The van der Waals surface area contributed by atoms with Gasteiger partial charge < -0.3 is 10.2 Å². The monoisotopic (exact) mass is 412 g/mol. The molecule has 2 aliphatic rings. The summed E-state index contributed by atoms with van der Waals surface area (Å²) in [5.74, 6) is 0.620. The Bertz CT molecular complexity index is 870. The molecule has 5 heteroatoms. The Hall–Kier alpha value is -1.91. The van der Waals surface area contributed by atoms with Crippen LogP contribution in [0.5, 0.6) is 0 Å². The number of nitrogens with zero attached hydrogens (tertiary/aromatic N) is 1. The normalized spacial score (nSPS) is 26.6. The van der Waals surface area contributed by atoms with Crippen molar-refractivity contribution in [2.45, 2.75) is 44.1 Å². The molecule has 28 heavy (non-hydrogen) atoms. The van der Waals surface area contributed by atoms with Gasteiger partial charge in [-0.15, -0.1) is 0 Å². The number of hydrogen-bond acceptors (Lipinski definition) is 3. The van der Waals surface area contributed by atoms with Gasteiger partial charge in [0.25, 0.3) is 5.91 Å². The summed E-state index contributed by atoms with van der Waals surface area (Å²) in [5.41, 5.74) is 1.81. The van der Waals surface area contributed by atoms with Gasteiger partial charge >= 0.3 is 0 Å². The Balaban J connectivity index is 1.66. The first-order valence-electron chi connectivity index (χ1n) is 9.90. The van der Waals surface area contributed by atoms with Gasteiger partial charge in [-0.2, -0.15) is 0 Å². The van der Waals surface area contributed by atoms with Crippen LogP contribution in [0.15, 0.2) is 59.5 Å². The molecule has 1 N–H and O–H groups in total. The molecular formula is C23H25ClN2OS. The van der Waals surface area contributed by atoms with Crippen LogP contribution in [0.2, 0.25) is 5.02 Å². The second-order valence-electron chi connectivity index (χ2n) is 7.55.